The van der Waals surface area contributed by atoms with Crippen LogP contribution in [0.25, 0.3) is 0 Å². The minimum absolute atomic E-state index is 0. The molecule has 2 atom stereocenters. The second-order valence-electron chi connectivity index (χ2n) is 8.06. The number of nitrogens with one attached hydrogen (secondary N) is 2. The van der Waals surface area contributed by atoms with Gasteiger partial charge in [-0.2, -0.15) is 0 Å². The highest BCUT2D eigenvalue weighted by Crippen LogP contribution is 2.26. The van der Waals surface area contributed by atoms with Crippen molar-refractivity contribution in [3.8, 4) is 0 Å². The maximum atomic E-state index is 4.96. The third kappa shape index (κ3) is 6.23. The van der Waals surface area contributed by atoms with Gasteiger partial charge in [-0.05, 0) is 52.1 Å². The summed E-state index contributed by atoms with van der Waals surface area (Å²) < 4.78 is 0. The lowest BCUT2D eigenvalue weighted by Crippen LogP contribution is -2.46. The molecular formula is C20H40IN5. The summed E-state index contributed by atoms with van der Waals surface area (Å²) in [4.78, 5) is 10.3. The first kappa shape index (κ1) is 22.2. The summed E-state index contributed by atoms with van der Waals surface area (Å²) in [6.07, 6.45) is 11.0. The van der Waals surface area contributed by atoms with Gasteiger partial charge in [0.15, 0.2) is 5.96 Å². The first-order valence-electron chi connectivity index (χ1n) is 10.8. The van der Waals surface area contributed by atoms with E-state index in [4.69, 9.17) is 4.99 Å². The molecule has 2 unspecified atom stereocenters. The number of nitrogens with zero attached hydrogens (tertiary/aromatic N) is 3. The summed E-state index contributed by atoms with van der Waals surface area (Å²) in [5.41, 5.74) is 0. The lowest BCUT2D eigenvalue weighted by Gasteiger charge is -2.34. The van der Waals surface area contributed by atoms with E-state index in [1.54, 1.807) is 0 Å². The van der Waals surface area contributed by atoms with E-state index in [0.29, 0.717) is 12.1 Å². The van der Waals surface area contributed by atoms with Crippen LogP contribution >= 0.6 is 24.0 Å². The summed E-state index contributed by atoms with van der Waals surface area (Å²) in [6.45, 7) is 11.2. The van der Waals surface area contributed by atoms with E-state index in [9.17, 15) is 0 Å². The highest BCUT2D eigenvalue weighted by atomic mass is 127. The number of halogens is 1. The van der Waals surface area contributed by atoms with Crippen molar-refractivity contribution < 1.29 is 0 Å². The minimum atomic E-state index is 0. The van der Waals surface area contributed by atoms with Gasteiger partial charge < -0.3 is 10.6 Å². The second-order valence-corrected chi connectivity index (χ2v) is 8.06. The SMILES string of the molecule is CCNC(=NCC1CCCCN1CC)NC1CCN(C2CCCC2)C1.I. The molecule has 26 heavy (non-hydrogen) atoms. The molecule has 1 saturated carbocycles. The Morgan fingerprint density at radius 1 is 1.00 bits per heavy atom. The number of guanidine groups is 1. The van der Waals surface area contributed by atoms with E-state index in [-0.39, 0.29) is 24.0 Å². The molecule has 0 aromatic rings. The lowest BCUT2D eigenvalue weighted by molar-refractivity contribution is 0.161. The van der Waals surface area contributed by atoms with Gasteiger partial charge in [-0.1, -0.05) is 26.2 Å². The van der Waals surface area contributed by atoms with Crippen LogP contribution in [-0.2, 0) is 0 Å². The van der Waals surface area contributed by atoms with Gasteiger partial charge in [0.25, 0.3) is 0 Å². The van der Waals surface area contributed by atoms with Crippen molar-refractivity contribution >= 4 is 29.9 Å². The first-order valence-corrected chi connectivity index (χ1v) is 10.8. The molecule has 2 aliphatic heterocycles. The van der Waals surface area contributed by atoms with E-state index in [1.807, 2.05) is 0 Å². The molecule has 1 aliphatic carbocycles. The molecule has 152 valence electrons. The van der Waals surface area contributed by atoms with Crippen molar-refractivity contribution in [3.05, 3.63) is 0 Å². The van der Waals surface area contributed by atoms with Crippen LogP contribution in [0.4, 0.5) is 0 Å². The fourth-order valence-electron chi connectivity index (χ4n) is 4.90. The molecule has 2 heterocycles. The fraction of sp³-hybridized carbons (Fsp3) is 0.950. The molecule has 0 amide bonds. The van der Waals surface area contributed by atoms with Crippen LogP contribution in [0, 0.1) is 0 Å². The molecule has 2 saturated heterocycles. The van der Waals surface area contributed by atoms with Crippen molar-refractivity contribution in [1.82, 2.24) is 20.4 Å². The fourth-order valence-corrected chi connectivity index (χ4v) is 4.90. The van der Waals surface area contributed by atoms with Gasteiger partial charge in [0.2, 0.25) is 0 Å². The Bertz CT molecular complexity index is 424. The summed E-state index contributed by atoms with van der Waals surface area (Å²) in [7, 11) is 0. The average molecular weight is 477 g/mol. The number of aliphatic imine (C=N–C) groups is 1. The number of rotatable bonds is 6. The number of hydrogen-bond donors (Lipinski definition) is 2. The van der Waals surface area contributed by atoms with Crippen LogP contribution in [0.1, 0.15) is 65.2 Å². The Labute approximate surface area is 177 Å². The number of hydrogen-bond acceptors (Lipinski definition) is 3. The molecule has 6 heteroatoms. The smallest absolute Gasteiger partial charge is 0.191 e. The molecule has 0 spiro atoms. The summed E-state index contributed by atoms with van der Waals surface area (Å²) in [5, 5.41) is 7.19. The quantitative estimate of drug-likeness (QED) is 0.351. The Morgan fingerprint density at radius 2 is 1.77 bits per heavy atom. The molecule has 3 rings (SSSR count). The standard InChI is InChI=1S/C20H39N5.HI/c1-3-21-20(22-15-19-11-7-8-13-24(19)4-2)23-17-12-14-25(16-17)18-9-5-6-10-18;/h17-19H,3-16H2,1-2H3,(H2,21,22,23);1H. The van der Waals surface area contributed by atoms with E-state index >= 15 is 0 Å². The normalized spacial score (nSPS) is 28.9. The zero-order valence-electron chi connectivity index (χ0n) is 16.9. The first-order chi connectivity index (χ1) is 12.3. The van der Waals surface area contributed by atoms with Crippen LogP contribution < -0.4 is 10.6 Å². The average Bonchev–Trinajstić information content (AvgIpc) is 3.31. The molecule has 0 aromatic carbocycles. The van der Waals surface area contributed by atoms with Gasteiger partial charge >= 0.3 is 0 Å². The third-order valence-electron chi connectivity index (χ3n) is 6.36. The molecule has 3 aliphatic rings. The van der Waals surface area contributed by atoms with Gasteiger partial charge in [0.05, 0.1) is 6.54 Å². The molecule has 3 fully saturated rings. The summed E-state index contributed by atoms with van der Waals surface area (Å²) >= 11 is 0. The Balaban J connectivity index is 0.00000243. The highest BCUT2D eigenvalue weighted by molar-refractivity contribution is 14.0. The number of likely N-dealkylation sites (N-methyl/N-ethyl adjacent to an activating group) is 1. The summed E-state index contributed by atoms with van der Waals surface area (Å²) in [5.74, 6) is 1.03. The van der Waals surface area contributed by atoms with Gasteiger partial charge in [-0.3, -0.25) is 14.8 Å². The highest BCUT2D eigenvalue weighted by Gasteiger charge is 2.30. The monoisotopic (exact) mass is 477 g/mol. The van der Waals surface area contributed by atoms with E-state index in [2.05, 4.69) is 34.3 Å². The topological polar surface area (TPSA) is 42.9 Å². The molecular weight excluding hydrogens is 437 g/mol. The van der Waals surface area contributed by atoms with Crippen molar-refractivity contribution in [2.45, 2.75) is 83.3 Å². The van der Waals surface area contributed by atoms with E-state index in [1.165, 1.54) is 71.0 Å². The van der Waals surface area contributed by atoms with Crippen LogP contribution in [0.2, 0.25) is 0 Å². The third-order valence-corrected chi connectivity index (χ3v) is 6.36. The predicted octanol–water partition coefficient (Wildman–Crippen LogP) is 3.05. The molecule has 0 radical (unpaired) electrons. The second kappa shape index (κ2) is 11.7. The minimum Gasteiger partial charge on any atom is -0.357 e. The van der Waals surface area contributed by atoms with Gasteiger partial charge in [-0.15, -0.1) is 24.0 Å². The van der Waals surface area contributed by atoms with Crippen molar-refractivity contribution in [3.63, 3.8) is 0 Å². The van der Waals surface area contributed by atoms with Gasteiger partial charge in [0.1, 0.15) is 0 Å². The van der Waals surface area contributed by atoms with Crippen LogP contribution in [0.3, 0.4) is 0 Å². The van der Waals surface area contributed by atoms with Crippen LogP contribution in [-0.4, -0.2) is 73.2 Å². The van der Waals surface area contributed by atoms with Gasteiger partial charge in [-0.25, -0.2) is 0 Å². The van der Waals surface area contributed by atoms with Crippen molar-refractivity contribution in [2.75, 3.05) is 39.3 Å². The molecule has 2 N–H and O–H groups in total. The Hall–Kier alpha value is -0.0800. The maximum Gasteiger partial charge on any atom is 0.191 e. The van der Waals surface area contributed by atoms with Crippen LogP contribution in [0.15, 0.2) is 4.99 Å². The van der Waals surface area contributed by atoms with Gasteiger partial charge in [0, 0.05) is 37.8 Å². The Morgan fingerprint density at radius 3 is 2.50 bits per heavy atom. The number of piperidine rings is 1. The van der Waals surface area contributed by atoms with Crippen LogP contribution in [0.5, 0.6) is 0 Å². The molecule has 5 nitrogen and oxygen atoms in total. The Kier molecular flexibility index (Phi) is 9.99. The number of likely N-dealkylation sites (tertiary alicyclic amines) is 2. The van der Waals surface area contributed by atoms with Crippen molar-refractivity contribution in [1.29, 1.82) is 0 Å². The summed E-state index contributed by atoms with van der Waals surface area (Å²) in [6, 6.07) is 2.05. The largest absolute Gasteiger partial charge is 0.357 e. The maximum absolute atomic E-state index is 4.96. The zero-order chi connectivity index (χ0) is 17.5. The molecule has 0 aromatic heterocycles. The lowest BCUT2D eigenvalue weighted by atomic mass is 10.0. The predicted molar refractivity (Wildman–Crippen MR) is 122 cm³/mol. The molecule has 0 bridgehead atoms. The zero-order valence-corrected chi connectivity index (χ0v) is 19.2. The van der Waals surface area contributed by atoms with E-state index in [0.717, 1.165) is 31.6 Å². The van der Waals surface area contributed by atoms with Crippen molar-refractivity contribution in [2.24, 2.45) is 4.99 Å². The van der Waals surface area contributed by atoms with E-state index < -0.39 is 0 Å².